The molecule has 0 aromatic carbocycles. The van der Waals surface area contributed by atoms with E-state index in [1.807, 2.05) is 0 Å². The first-order valence-corrected chi connectivity index (χ1v) is 8.31. The third-order valence-corrected chi connectivity index (χ3v) is 6.14. The Kier molecular flexibility index (Phi) is 3.62. The van der Waals surface area contributed by atoms with Crippen molar-refractivity contribution in [2.45, 2.75) is 18.1 Å². The fourth-order valence-electron chi connectivity index (χ4n) is 2.33. The molecule has 1 aliphatic carbocycles. The van der Waals surface area contributed by atoms with Gasteiger partial charge in [0.2, 0.25) is 15.8 Å². The SMILES string of the molecule is COc1cc(C(=O)N2CCN(S(=O)(=O)C3CC3)CC2)on1. The lowest BCUT2D eigenvalue weighted by molar-refractivity contribution is 0.0656. The normalized spacial score (nSPS) is 20.5. The van der Waals surface area contributed by atoms with Gasteiger partial charge in [-0.3, -0.25) is 4.79 Å². The highest BCUT2D eigenvalue weighted by Crippen LogP contribution is 2.31. The molecule has 0 N–H and O–H groups in total. The zero-order valence-electron chi connectivity index (χ0n) is 11.7. The minimum absolute atomic E-state index is 0.102. The number of rotatable bonds is 4. The molecule has 0 radical (unpaired) electrons. The number of methoxy groups -OCH3 is 1. The van der Waals surface area contributed by atoms with Gasteiger partial charge in [-0.25, -0.2) is 8.42 Å². The quantitative estimate of drug-likeness (QED) is 0.772. The van der Waals surface area contributed by atoms with Crippen molar-refractivity contribution < 1.29 is 22.5 Å². The van der Waals surface area contributed by atoms with E-state index in [2.05, 4.69) is 5.16 Å². The smallest absolute Gasteiger partial charge is 0.292 e. The second-order valence-corrected chi connectivity index (χ2v) is 7.38. The number of ether oxygens (including phenoxy) is 1. The molecular formula is C12H17N3O5S. The first-order valence-electron chi connectivity index (χ1n) is 6.81. The monoisotopic (exact) mass is 315 g/mol. The van der Waals surface area contributed by atoms with Gasteiger partial charge in [0.1, 0.15) is 0 Å². The van der Waals surface area contributed by atoms with Crippen LogP contribution in [0.2, 0.25) is 0 Å². The van der Waals surface area contributed by atoms with E-state index in [0.717, 1.165) is 12.8 Å². The third kappa shape index (κ3) is 2.75. The minimum atomic E-state index is -3.16. The van der Waals surface area contributed by atoms with E-state index >= 15 is 0 Å². The summed E-state index contributed by atoms with van der Waals surface area (Å²) in [5, 5.41) is 3.38. The summed E-state index contributed by atoms with van der Waals surface area (Å²) in [6.07, 6.45) is 1.50. The predicted octanol–water partition coefficient (Wildman–Crippen LogP) is -0.0668. The van der Waals surface area contributed by atoms with E-state index in [1.165, 1.54) is 17.5 Å². The predicted molar refractivity (Wildman–Crippen MR) is 72.5 cm³/mol. The van der Waals surface area contributed by atoms with Crippen LogP contribution in [-0.2, 0) is 10.0 Å². The van der Waals surface area contributed by atoms with Crippen LogP contribution in [0.15, 0.2) is 10.6 Å². The molecule has 1 amide bonds. The Hall–Kier alpha value is -1.61. The van der Waals surface area contributed by atoms with Gasteiger partial charge in [-0.05, 0) is 18.0 Å². The molecule has 1 aromatic heterocycles. The van der Waals surface area contributed by atoms with Crippen molar-refractivity contribution in [2.75, 3.05) is 33.3 Å². The van der Waals surface area contributed by atoms with Crippen LogP contribution in [0.5, 0.6) is 5.88 Å². The lowest BCUT2D eigenvalue weighted by Crippen LogP contribution is -2.51. The zero-order chi connectivity index (χ0) is 15.0. The van der Waals surface area contributed by atoms with Gasteiger partial charge in [0.15, 0.2) is 0 Å². The summed E-state index contributed by atoms with van der Waals surface area (Å²) in [4.78, 5) is 13.8. The molecule has 0 spiro atoms. The molecule has 3 rings (SSSR count). The number of carbonyl (C=O) groups is 1. The largest absolute Gasteiger partial charge is 0.479 e. The minimum Gasteiger partial charge on any atom is -0.479 e. The van der Waals surface area contributed by atoms with Crippen LogP contribution < -0.4 is 4.74 Å². The summed E-state index contributed by atoms with van der Waals surface area (Å²) in [6.45, 7) is 1.37. The van der Waals surface area contributed by atoms with Gasteiger partial charge in [0.25, 0.3) is 11.8 Å². The van der Waals surface area contributed by atoms with Crippen LogP contribution in [0.1, 0.15) is 23.4 Å². The van der Waals surface area contributed by atoms with Crippen LogP contribution in [0, 0.1) is 0 Å². The number of nitrogens with zero attached hydrogens (tertiary/aromatic N) is 3. The van der Waals surface area contributed by atoms with E-state index in [4.69, 9.17) is 9.26 Å². The molecule has 1 saturated heterocycles. The van der Waals surface area contributed by atoms with Crippen molar-refractivity contribution in [2.24, 2.45) is 0 Å². The molecule has 1 saturated carbocycles. The Bertz CT molecular complexity index is 629. The molecule has 2 heterocycles. The van der Waals surface area contributed by atoms with Crippen molar-refractivity contribution in [1.82, 2.24) is 14.4 Å². The average molecular weight is 315 g/mol. The van der Waals surface area contributed by atoms with Crippen molar-refractivity contribution >= 4 is 15.9 Å². The number of hydrogen-bond donors (Lipinski definition) is 0. The van der Waals surface area contributed by atoms with Gasteiger partial charge in [-0.1, -0.05) is 0 Å². The molecule has 0 unspecified atom stereocenters. The van der Waals surface area contributed by atoms with E-state index < -0.39 is 10.0 Å². The highest BCUT2D eigenvalue weighted by Gasteiger charge is 2.41. The number of piperazine rings is 1. The summed E-state index contributed by atoms with van der Waals surface area (Å²) in [5.74, 6) is 0.0490. The molecule has 0 atom stereocenters. The van der Waals surface area contributed by atoms with Crippen molar-refractivity contribution in [3.8, 4) is 5.88 Å². The number of sulfonamides is 1. The lowest BCUT2D eigenvalue weighted by atomic mass is 10.3. The molecule has 9 heteroatoms. The third-order valence-electron chi connectivity index (χ3n) is 3.74. The zero-order valence-corrected chi connectivity index (χ0v) is 12.5. The second kappa shape index (κ2) is 5.30. The summed E-state index contributed by atoms with van der Waals surface area (Å²) >= 11 is 0. The van der Waals surface area contributed by atoms with Crippen LogP contribution in [0.3, 0.4) is 0 Å². The van der Waals surface area contributed by atoms with Crippen LogP contribution in [0.4, 0.5) is 0 Å². The maximum atomic E-state index is 12.2. The van der Waals surface area contributed by atoms with Gasteiger partial charge >= 0.3 is 0 Å². The van der Waals surface area contributed by atoms with Gasteiger partial charge in [0, 0.05) is 26.2 Å². The Balaban J connectivity index is 1.61. The molecule has 0 bridgehead atoms. The van der Waals surface area contributed by atoms with Crippen LogP contribution in [-0.4, -0.2) is 67.2 Å². The summed E-state index contributed by atoms with van der Waals surface area (Å²) < 4.78 is 35.5. The molecule has 2 fully saturated rings. The van der Waals surface area contributed by atoms with Crippen LogP contribution >= 0.6 is 0 Å². The Morgan fingerprint density at radius 1 is 1.33 bits per heavy atom. The van der Waals surface area contributed by atoms with E-state index in [-0.39, 0.29) is 22.8 Å². The molecule has 1 aromatic rings. The summed E-state index contributed by atoms with van der Waals surface area (Å²) in [6, 6.07) is 1.43. The van der Waals surface area contributed by atoms with Gasteiger partial charge in [-0.2, -0.15) is 4.31 Å². The number of hydrogen-bond acceptors (Lipinski definition) is 6. The molecule has 21 heavy (non-hydrogen) atoms. The fraction of sp³-hybridized carbons (Fsp3) is 0.667. The molecule has 8 nitrogen and oxygen atoms in total. The molecule has 1 aliphatic heterocycles. The molecular weight excluding hydrogens is 298 g/mol. The number of carbonyl (C=O) groups excluding carboxylic acids is 1. The Morgan fingerprint density at radius 3 is 2.52 bits per heavy atom. The van der Waals surface area contributed by atoms with Crippen LogP contribution in [0.25, 0.3) is 0 Å². The maximum absolute atomic E-state index is 12.2. The summed E-state index contributed by atoms with van der Waals surface area (Å²) in [5.41, 5.74) is 0. The van der Waals surface area contributed by atoms with Crippen molar-refractivity contribution in [3.05, 3.63) is 11.8 Å². The first-order chi connectivity index (χ1) is 10.0. The second-order valence-electron chi connectivity index (χ2n) is 5.17. The van der Waals surface area contributed by atoms with Crippen molar-refractivity contribution in [1.29, 1.82) is 0 Å². The number of aromatic nitrogens is 1. The molecule has 116 valence electrons. The van der Waals surface area contributed by atoms with Gasteiger partial charge in [-0.15, -0.1) is 0 Å². The van der Waals surface area contributed by atoms with E-state index in [1.54, 1.807) is 4.90 Å². The Labute approximate surface area is 122 Å². The van der Waals surface area contributed by atoms with Gasteiger partial charge < -0.3 is 14.2 Å². The maximum Gasteiger partial charge on any atom is 0.292 e. The lowest BCUT2D eigenvalue weighted by Gasteiger charge is -2.33. The highest BCUT2D eigenvalue weighted by molar-refractivity contribution is 7.90. The standard InChI is InChI=1S/C12H17N3O5S/c1-19-11-8-10(20-13-11)12(16)14-4-6-15(7-5-14)21(17,18)9-2-3-9/h8-9H,2-7H2,1H3. The topological polar surface area (TPSA) is 93.0 Å². The van der Waals surface area contributed by atoms with E-state index in [0.29, 0.717) is 26.2 Å². The van der Waals surface area contributed by atoms with Crippen molar-refractivity contribution in [3.63, 3.8) is 0 Å². The van der Waals surface area contributed by atoms with E-state index in [9.17, 15) is 13.2 Å². The fourth-order valence-corrected chi connectivity index (χ4v) is 4.16. The number of amides is 1. The average Bonchev–Trinajstić information content (AvgIpc) is 3.26. The highest BCUT2D eigenvalue weighted by atomic mass is 32.2. The molecule has 2 aliphatic rings. The first kappa shape index (κ1) is 14.3. The van der Waals surface area contributed by atoms with Gasteiger partial charge in [0.05, 0.1) is 18.4 Å². The Morgan fingerprint density at radius 2 is 2.00 bits per heavy atom. The summed E-state index contributed by atoms with van der Waals surface area (Å²) in [7, 11) is -1.72.